The lowest BCUT2D eigenvalue weighted by molar-refractivity contribution is 0.858. The van der Waals surface area contributed by atoms with Gasteiger partial charge in [0.1, 0.15) is 16.6 Å². The number of hydrogen-bond acceptors (Lipinski definition) is 6. The van der Waals surface area contributed by atoms with Crippen LogP contribution in [-0.4, -0.2) is 22.0 Å². The van der Waals surface area contributed by atoms with E-state index in [4.69, 9.17) is 0 Å². The van der Waals surface area contributed by atoms with Crippen LogP contribution in [0.15, 0.2) is 24.0 Å². The van der Waals surface area contributed by atoms with Crippen molar-refractivity contribution in [1.29, 1.82) is 0 Å². The molecule has 1 atom stereocenters. The lowest BCUT2D eigenvalue weighted by Crippen LogP contribution is -2.08. The van der Waals surface area contributed by atoms with Crippen molar-refractivity contribution in [3.8, 4) is 0 Å². The number of rotatable bonds is 4. The molecular weight excluding hydrogens is 222 g/mol. The molecule has 2 heterocycles. The second-order valence-corrected chi connectivity index (χ2v) is 4.20. The normalized spacial score (nSPS) is 12.1. The van der Waals surface area contributed by atoms with Gasteiger partial charge in [-0.15, -0.1) is 11.3 Å². The maximum Gasteiger partial charge on any atom is 0.147 e. The Labute approximate surface area is 98.0 Å². The van der Waals surface area contributed by atoms with Gasteiger partial charge < -0.3 is 10.6 Å². The van der Waals surface area contributed by atoms with E-state index in [0.717, 1.165) is 16.6 Å². The standard InChI is InChI=1S/C10H13N5S/c1-7(10-13-3-4-16-10)14-9-6-12-5-8(11-2)15-9/h3-7H,1-2H3,(H2,11,14,15). The lowest BCUT2D eigenvalue weighted by Gasteiger charge is -2.11. The predicted octanol–water partition coefficient (Wildman–Crippen LogP) is 2.15. The maximum absolute atomic E-state index is 4.33. The first kappa shape index (κ1) is 10.8. The van der Waals surface area contributed by atoms with Crippen LogP contribution in [0.2, 0.25) is 0 Å². The van der Waals surface area contributed by atoms with E-state index in [2.05, 4.69) is 25.6 Å². The minimum atomic E-state index is 0.140. The van der Waals surface area contributed by atoms with Crippen molar-refractivity contribution >= 4 is 23.0 Å². The van der Waals surface area contributed by atoms with Crippen molar-refractivity contribution in [3.63, 3.8) is 0 Å². The fraction of sp³-hybridized carbons (Fsp3) is 0.300. The molecule has 84 valence electrons. The molecule has 0 spiro atoms. The van der Waals surface area contributed by atoms with Gasteiger partial charge in [-0.25, -0.2) is 9.97 Å². The molecule has 0 fully saturated rings. The summed E-state index contributed by atoms with van der Waals surface area (Å²) in [5, 5.41) is 9.20. The Hall–Kier alpha value is -1.69. The number of aromatic nitrogens is 3. The molecule has 16 heavy (non-hydrogen) atoms. The largest absolute Gasteiger partial charge is 0.372 e. The highest BCUT2D eigenvalue weighted by Crippen LogP contribution is 2.19. The number of thiazole rings is 1. The molecule has 0 bridgehead atoms. The van der Waals surface area contributed by atoms with Crippen molar-refractivity contribution in [2.45, 2.75) is 13.0 Å². The second kappa shape index (κ2) is 4.89. The summed E-state index contributed by atoms with van der Waals surface area (Å²) in [6, 6.07) is 0.140. The number of nitrogens with zero attached hydrogens (tertiary/aromatic N) is 3. The molecule has 5 nitrogen and oxygen atoms in total. The number of anilines is 2. The van der Waals surface area contributed by atoms with Crippen molar-refractivity contribution in [2.24, 2.45) is 0 Å². The van der Waals surface area contributed by atoms with E-state index in [0.29, 0.717) is 0 Å². The number of nitrogens with one attached hydrogen (secondary N) is 2. The zero-order chi connectivity index (χ0) is 11.4. The quantitative estimate of drug-likeness (QED) is 0.850. The van der Waals surface area contributed by atoms with Crippen LogP contribution in [0, 0.1) is 0 Å². The fourth-order valence-corrected chi connectivity index (χ4v) is 1.93. The van der Waals surface area contributed by atoms with Crippen LogP contribution in [0.5, 0.6) is 0 Å². The summed E-state index contributed by atoms with van der Waals surface area (Å²) in [5.41, 5.74) is 0. The van der Waals surface area contributed by atoms with Crippen LogP contribution >= 0.6 is 11.3 Å². The van der Waals surface area contributed by atoms with Crippen LogP contribution < -0.4 is 10.6 Å². The topological polar surface area (TPSA) is 62.7 Å². The smallest absolute Gasteiger partial charge is 0.147 e. The average Bonchev–Trinajstić information content (AvgIpc) is 2.83. The molecule has 0 aliphatic rings. The van der Waals surface area contributed by atoms with E-state index in [1.54, 1.807) is 29.9 Å². The van der Waals surface area contributed by atoms with Gasteiger partial charge in [0.25, 0.3) is 0 Å². The van der Waals surface area contributed by atoms with Crippen molar-refractivity contribution in [1.82, 2.24) is 15.0 Å². The van der Waals surface area contributed by atoms with Crippen molar-refractivity contribution in [3.05, 3.63) is 29.0 Å². The molecule has 0 aromatic carbocycles. The molecule has 0 amide bonds. The minimum absolute atomic E-state index is 0.140. The summed E-state index contributed by atoms with van der Waals surface area (Å²) in [6.45, 7) is 2.05. The molecule has 0 aliphatic carbocycles. The van der Waals surface area contributed by atoms with Crippen LogP contribution in [0.25, 0.3) is 0 Å². The first-order valence-electron chi connectivity index (χ1n) is 4.95. The molecule has 2 N–H and O–H groups in total. The van der Waals surface area contributed by atoms with E-state index >= 15 is 0 Å². The van der Waals surface area contributed by atoms with Crippen molar-refractivity contribution in [2.75, 3.05) is 17.7 Å². The summed E-state index contributed by atoms with van der Waals surface area (Å²) >= 11 is 1.62. The summed E-state index contributed by atoms with van der Waals surface area (Å²) in [5.74, 6) is 1.49. The number of hydrogen-bond donors (Lipinski definition) is 2. The van der Waals surface area contributed by atoms with Gasteiger partial charge in [-0.2, -0.15) is 0 Å². The molecule has 0 radical (unpaired) electrons. The first-order chi connectivity index (χ1) is 7.79. The van der Waals surface area contributed by atoms with Gasteiger partial charge in [0.2, 0.25) is 0 Å². The highest BCUT2D eigenvalue weighted by Gasteiger charge is 2.08. The Morgan fingerprint density at radius 3 is 2.81 bits per heavy atom. The lowest BCUT2D eigenvalue weighted by atomic mass is 10.3. The SMILES string of the molecule is CNc1cncc(NC(C)c2nccs2)n1. The van der Waals surface area contributed by atoms with Crippen LogP contribution in [0.1, 0.15) is 18.0 Å². The van der Waals surface area contributed by atoms with Gasteiger partial charge in [-0.3, -0.25) is 4.98 Å². The summed E-state index contributed by atoms with van der Waals surface area (Å²) in [6.07, 6.45) is 5.18. The predicted molar refractivity (Wildman–Crippen MR) is 65.7 cm³/mol. The van der Waals surface area contributed by atoms with Gasteiger partial charge in [0, 0.05) is 18.6 Å². The Morgan fingerprint density at radius 2 is 2.12 bits per heavy atom. The van der Waals surface area contributed by atoms with Crippen molar-refractivity contribution < 1.29 is 0 Å². The zero-order valence-electron chi connectivity index (χ0n) is 9.14. The van der Waals surface area contributed by atoms with Gasteiger partial charge in [0.15, 0.2) is 0 Å². The van der Waals surface area contributed by atoms with E-state index in [-0.39, 0.29) is 6.04 Å². The third-order valence-electron chi connectivity index (χ3n) is 2.08. The first-order valence-corrected chi connectivity index (χ1v) is 5.83. The second-order valence-electron chi connectivity index (χ2n) is 3.28. The molecule has 6 heteroatoms. The molecule has 2 rings (SSSR count). The van der Waals surface area contributed by atoms with Crippen LogP contribution in [0.4, 0.5) is 11.6 Å². The van der Waals surface area contributed by atoms with Gasteiger partial charge >= 0.3 is 0 Å². The van der Waals surface area contributed by atoms with Crippen LogP contribution in [0.3, 0.4) is 0 Å². The monoisotopic (exact) mass is 235 g/mol. The summed E-state index contributed by atoms with van der Waals surface area (Å²) < 4.78 is 0. The molecule has 2 aromatic heterocycles. The summed E-state index contributed by atoms with van der Waals surface area (Å²) in [7, 11) is 1.82. The third kappa shape index (κ3) is 2.46. The van der Waals surface area contributed by atoms with E-state index in [9.17, 15) is 0 Å². The molecular formula is C10H13N5S. The van der Waals surface area contributed by atoms with E-state index in [1.165, 1.54) is 0 Å². The average molecular weight is 235 g/mol. The highest BCUT2D eigenvalue weighted by atomic mass is 32.1. The molecule has 2 aromatic rings. The Balaban J connectivity index is 2.08. The van der Waals surface area contributed by atoms with Gasteiger partial charge in [-0.05, 0) is 6.92 Å². The van der Waals surface area contributed by atoms with E-state index < -0.39 is 0 Å². The van der Waals surface area contributed by atoms with Crippen LogP contribution in [-0.2, 0) is 0 Å². The van der Waals surface area contributed by atoms with Gasteiger partial charge in [0.05, 0.1) is 18.4 Å². The Bertz CT molecular complexity index is 442. The van der Waals surface area contributed by atoms with E-state index in [1.807, 2.05) is 19.4 Å². The maximum atomic E-state index is 4.33. The highest BCUT2D eigenvalue weighted by molar-refractivity contribution is 7.09. The van der Waals surface area contributed by atoms with Gasteiger partial charge in [-0.1, -0.05) is 0 Å². The summed E-state index contributed by atoms with van der Waals surface area (Å²) in [4.78, 5) is 12.7. The zero-order valence-corrected chi connectivity index (χ0v) is 9.95. The minimum Gasteiger partial charge on any atom is -0.372 e. The third-order valence-corrected chi connectivity index (χ3v) is 3.04. The fourth-order valence-electron chi connectivity index (χ4n) is 1.29. The Morgan fingerprint density at radius 1 is 1.31 bits per heavy atom. The molecule has 0 aliphatic heterocycles. The Kier molecular flexibility index (Phi) is 3.31. The molecule has 0 saturated heterocycles. The molecule has 0 saturated carbocycles. The molecule has 1 unspecified atom stereocenters.